The molecule has 2 aromatic carbocycles. The summed E-state index contributed by atoms with van der Waals surface area (Å²) in [6.45, 7) is 2.04. The molecule has 0 heterocycles. The van der Waals surface area contributed by atoms with Gasteiger partial charge in [0.1, 0.15) is 11.6 Å². The quantitative estimate of drug-likeness (QED) is 0.649. The van der Waals surface area contributed by atoms with Crippen LogP contribution < -0.4 is 11.3 Å². The van der Waals surface area contributed by atoms with Gasteiger partial charge in [-0.3, -0.25) is 11.3 Å². The van der Waals surface area contributed by atoms with E-state index in [0.717, 1.165) is 12.5 Å². The fraction of sp³-hybridized carbons (Fsp3) is 0.250. The van der Waals surface area contributed by atoms with Gasteiger partial charge in [0.25, 0.3) is 0 Å². The Bertz CT molecular complexity index is 564. The minimum atomic E-state index is -0.587. The van der Waals surface area contributed by atoms with Gasteiger partial charge in [-0.1, -0.05) is 24.3 Å². The topological polar surface area (TPSA) is 38.0 Å². The Balaban J connectivity index is 2.11. The van der Waals surface area contributed by atoms with Crippen molar-refractivity contribution in [2.24, 2.45) is 5.84 Å². The largest absolute Gasteiger partial charge is 0.271 e. The summed E-state index contributed by atoms with van der Waals surface area (Å²) in [5, 5.41) is 0. The van der Waals surface area contributed by atoms with Crippen LogP contribution in [0.2, 0.25) is 0 Å². The molecule has 1 atom stereocenters. The highest BCUT2D eigenvalue weighted by Gasteiger charge is 2.12. The summed E-state index contributed by atoms with van der Waals surface area (Å²) < 4.78 is 26.5. The zero-order valence-corrected chi connectivity index (χ0v) is 11.4. The molecule has 2 rings (SSSR count). The van der Waals surface area contributed by atoms with E-state index < -0.39 is 11.6 Å². The Kier molecular flexibility index (Phi) is 4.82. The maximum Gasteiger partial charge on any atom is 0.126 e. The highest BCUT2D eigenvalue weighted by molar-refractivity contribution is 5.27. The van der Waals surface area contributed by atoms with Gasteiger partial charge in [0.05, 0.1) is 0 Å². The lowest BCUT2D eigenvalue weighted by Gasteiger charge is -2.17. The molecular weight excluding hydrogens is 258 g/mol. The number of nitrogens with one attached hydrogen (secondary N) is 1. The Morgan fingerprint density at radius 2 is 1.75 bits per heavy atom. The molecule has 0 radical (unpaired) electrons. The Hall–Kier alpha value is -1.78. The summed E-state index contributed by atoms with van der Waals surface area (Å²) >= 11 is 0. The summed E-state index contributed by atoms with van der Waals surface area (Å²) in [5.74, 6) is 4.34. The van der Waals surface area contributed by atoms with Crippen molar-refractivity contribution in [1.82, 2.24) is 5.43 Å². The maximum absolute atomic E-state index is 13.2. The molecule has 0 saturated heterocycles. The third kappa shape index (κ3) is 3.62. The predicted octanol–water partition coefficient (Wildman–Crippen LogP) is 3.41. The molecular formula is C16H18F2N2. The van der Waals surface area contributed by atoms with E-state index >= 15 is 0 Å². The van der Waals surface area contributed by atoms with Crippen LogP contribution in [0.3, 0.4) is 0 Å². The second-order valence-electron chi connectivity index (χ2n) is 4.89. The van der Waals surface area contributed by atoms with Crippen molar-refractivity contribution in [3.05, 3.63) is 70.8 Å². The van der Waals surface area contributed by atoms with Crippen LogP contribution in [-0.4, -0.2) is 0 Å². The van der Waals surface area contributed by atoms with E-state index in [9.17, 15) is 8.78 Å². The molecule has 2 aromatic rings. The molecule has 1 unspecified atom stereocenters. The predicted molar refractivity (Wildman–Crippen MR) is 75.9 cm³/mol. The van der Waals surface area contributed by atoms with Gasteiger partial charge in [0.2, 0.25) is 0 Å². The van der Waals surface area contributed by atoms with Gasteiger partial charge in [0, 0.05) is 12.1 Å². The van der Waals surface area contributed by atoms with Crippen molar-refractivity contribution in [3.63, 3.8) is 0 Å². The first-order valence-electron chi connectivity index (χ1n) is 6.57. The number of nitrogens with two attached hydrogens (primary N) is 1. The summed E-state index contributed by atoms with van der Waals surface area (Å²) in [4.78, 5) is 0. The first-order valence-corrected chi connectivity index (χ1v) is 6.57. The zero-order valence-electron chi connectivity index (χ0n) is 11.4. The number of hydrogen-bond donors (Lipinski definition) is 2. The molecule has 0 aromatic heterocycles. The van der Waals surface area contributed by atoms with E-state index in [1.165, 1.54) is 23.3 Å². The zero-order chi connectivity index (χ0) is 14.5. The summed E-state index contributed by atoms with van der Waals surface area (Å²) in [7, 11) is 0. The SMILES string of the molecule is Cc1ccccc1CCC(NN)c1cc(F)cc(F)c1. The van der Waals surface area contributed by atoms with Gasteiger partial charge in [-0.15, -0.1) is 0 Å². The molecule has 106 valence electrons. The Labute approximate surface area is 117 Å². The van der Waals surface area contributed by atoms with E-state index in [1.807, 2.05) is 25.1 Å². The van der Waals surface area contributed by atoms with Crippen LogP contribution in [0.15, 0.2) is 42.5 Å². The molecule has 0 bridgehead atoms. The van der Waals surface area contributed by atoms with Crippen molar-refractivity contribution < 1.29 is 8.78 Å². The molecule has 3 N–H and O–H groups in total. The lowest BCUT2D eigenvalue weighted by molar-refractivity contribution is 0.503. The minimum Gasteiger partial charge on any atom is -0.271 e. The van der Waals surface area contributed by atoms with Gasteiger partial charge >= 0.3 is 0 Å². The average Bonchev–Trinajstić information content (AvgIpc) is 2.40. The normalized spacial score (nSPS) is 12.4. The van der Waals surface area contributed by atoms with Crippen LogP contribution in [0.5, 0.6) is 0 Å². The Morgan fingerprint density at radius 3 is 2.35 bits per heavy atom. The van der Waals surface area contributed by atoms with Gasteiger partial charge in [-0.05, 0) is 48.6 Å². The lowest BCUT2D eigenvalue weighted by atomic mass is 9.97. The summed E-state index contributed by atoms with van der Waals surface area (Å²) in [6, 6.07) is 11.3. The van der Waals surface area contributed by atoms with E-state index in [0.29, 0.717) is 12.0 Å². The van der Waals surface area contributed by atoms with Crippen molar-refractivity contribution in [3.8, 4) is 0 Å². The average molecular weight is 276 g/mol. The number of rotatable bonds is 5. The monoisotopic (exact) mass is 276 g/mol. The van der Waals surface area contributed by atoms with Crippen molar-refractivity contribution >= 4 is 0 Å². The second kappa shape index (κ2) is 6.59. The second-order valence-corrected chi connectivity index (χ2v) is 4.89. The van der Waals surface area contributed by atoms with E-state index in [2.05, 4.69) is 11.5 Å². The first kappa shape index (κ1) is 14.6. The minimum absolute atomic E-state index is 0.278. The van der Waals surface area contributed by atoms with E-state index in [1.54, 1.807) is 0 Å². The molecule has 0 amide bonds. The fourth-order valence-electron chi connectivity index (χ4n) is 2.31. The van der Waals surface area contributed by atoms with E-state index in [4.69, 9.17) is 5.84 Å². The van der Waals surface area contributed by atoms with Gasteiger partial charge in [-0.2, -0.15) is 0 Å². The number of aryl methyl sites for hydroxylation is 2. The van der Waals surface area contributed by atoms with Crippen LogP contribution in [0.1, 0.15) is 29.2 Å². The number of hydrogen-bond acceptors (Lipinski definition) is 2. The third-order valence-corrected chi connectivity index (χ3v) is 3.45. The maximum atomic E-state index is 13.2. The summed E-state index contributed by atoms with van der Waals surface area (Å²) in [5.41, 5.74) is 5.57. The van der Waals surface area contributed by atoms with Crippen LogP contribution >= 0.6 is 0 Å². The first-order chi connectivity index (χ1) is 9.60. The standard InChI is InChI=1S/C16H18F2N2/c1-11-4-2-3-5-12(11)6-7-16(20-19)13-8-14(17)10-15(18)9-13/h2-5,8-10,16,20H,6-7,19H2,1H3. The van der Waals surface area contributed by atoms with Gasteiger partial charge in [-0.25, -0.2) is 8.78 Å². The van der Waals surface area contributed by atoms with Crippen molar-refractivity contribution in [1.29, 1.82) is 0 Å². The molecule has 4 heteroatoms. The van der Waals surface area contributed by atoms with Crippen LogP contribution in [0, 0.1) is 18.6 Å². The Morgan fingerprint density at radius 1 is 1.10 bits per heavy atom. The number of halogens is 2. The fourth-order valence-corrected chi connectivity index (χ4v) is 2.31. The molecule has 2 nitrogen and oxygen atoms in total. The molecule has 0 spiro atoms. The van der Waals surface area contributed by atoms with E-state index in [-0.39, 0.29) is 6.04 Å². The molecule has 20 heavy (non-hydrogen) atoms. The van der Waals surface area contributed by atoms with Gasteiger partial charge in [0.15, 0.2) is 0 Å². The molecule has 0 aliphatic carbocycles. The molecule has 0 saturated carbocycles. The van der Waals surface area contributed by atoms with Crippen LogP contribution in [-0.2, 0) is 6.42 Å². The van der Waals surface area contributed by atoms with Crippen LogP contribution in [0.25, 0.3) is 0 Å². The highest BCUT2D eigenvalue weighted by Crippen LogP contribution is 2.21. The van der Waals surface area contributed by atoms with Gasteiger partial charge < -0.3 is 0 Å². The van der Waals surface area contributed by atoms with Crippen LogP contribution in [0.4, 0.5) is 8.78 Å². The number of benzene rings is 2. The number of hydrazine groups is 1. The van der Waals surface area contributed by atoms with Crippen molar-refractivity contribution in [2.75, 3.05) is 0 Å². The molecule has 0 aliphatic rings. The molecule has 0 fully saturated rings. The lowest BCUT2D eigenvalue weighted by Crippen LogP contribution is -2.28. The molecule has 0 aliphatic heterocycles. The highest BCUT2D eigenvalue weighted by atomic mass is 19.1. The third-order valence-electron chi connectivity index (χ3n) is 3.45. The smallest absolute Gasteiger partial charge is 0.126 e. The van der Waals surface area contributed by atoms with Crippen molar-refractivity contribution in [2.45, 2.75) is 25.8 Å². The summed E-state index contributed by atoms with van der Waals surface area (Å²) in [6.07, 6.45) is 1.46.